The molecule has 0 amide bonds. The molecule has 2 aromatic rings. The second-order valence-corrected chi connectivity index (χ2v) is 4.39. The molecule has 0 bridgehead atoms. The van der Waals surface area contributed by atoms with Crippen molar-refractivity contribution < 1.29 is 0 Å². The van der Waals surface area contributed by atoms with Crippen LogP contribution in [0.15, 0.2) is 47.9 Å². The summed E-state index contributed by atoms with van der Waals surface area (Å²) >= 11 is 1.65. The number of aromatic nitrogens is 2. The highest BCUT2D eigenvalue weighted by Crippen LogP contribution is 2.17. The Bertz CT molecular complexity index is 445. The van der Waals surface area contributed by atoms with Crippen LogP contribution in [-0.2, 0) is 6.42 Å². The first-order valence-corrected chi connectivity index (χ1v) is 6.08. The third-order valence-electron chi connectivity index (χ3n) is 2.20. The van der Waals surface area contributed by atoms with Crippen molar-refractivity contribution in [2.45, 2.75) is 11.6 Å². The second-order valence-electron chi connectivity index (χ2n) is 3.33. The summed E-state index contributed by atoms with van der Waals surface area (Å²) in [6, 6.07) is 9.77. The first-order valence-electron chi connectivity index (χ1n) is 5.09. The van der Waals surface area contributed by atoms with Crippen LogP contribution in [0.5, 0.6) is 0 Å². The number of benzene rings is 1. The van der Waals surface area contributed by atoms with E-state index < -0.39 is 0 Å². The fourth-order valence-corrected chi connectivity index (χ4v) is 2.15. The summed E-state index contributed by atoms with van der Waals surface area (Å²) in [6.45, 7) is 0. The largest absolute Gasteiger partial charge is 0.399 e. The van der Waals surface area contributed by atoms with Gasteiger partial charge in [-0.15, -0.1) is 0 Å². The molecule has 1 aromatic heterocycles. The summed E-state index contributed by atoms with van der Waals surface area (Å²) in [4.78, 5) is 8.31. The molecule has 0 saturated heterocycles. The van der Waals surface area contributed by atoms with E-state index in [2.05, 4.69) is 16.0 Å². The van der Waals surface area contributed by atoms with Gasteiger partial charge in [-0.3, -0.25) is 0 Å². The molecule has 16 heavy (non-hydrogen) atoms. The van der Waals surface area contributed by atoms with E-state index in [1.807, 2.05) is 24.3 Å². The molecule has 0 atom stereocenters. The molecule has 0 spiro atoms. The lowest BCUT2D eigenvalue weighted by Gasteiger charge is -2.03. The van der Waals surface area contributed by atoms with Gasteiger partial charge in [0.1, 0.15) is 0 Å². The highest BCUT2D eigenvalue weighted by molar-refractivity contribution is 7.99. The quantitative estimate of drug-likeness (QED) is 0.498. The number of nitrogen functional groups attached to an aromatic ring is 1. The lowest BCUT2D eigenvalue weighted by atomic mass is 10.1. The average Bonchev–Trinajstić information content (AvgIpc) is 2.33. The Hall–Kier alpha value is -1.55. The molecular weight excluding hydrogens is 218 g/mol. The number of anilines is 1. The van der Waals surface area contributed by atoms with E-state index in [0.29, 0.717) is 0 Å². The minimum absolute atomic E-state index is 0.817. The van der Waals surface area contributed by atoms with Crippen LogP contribution in [0, 0.1) is 0 Å². The average molecular weight is 231 g/mol. The summed E-state index contributed by atoms with van der Waals surface area (Å²) < 4.78 is 0. The molecular formula is C12H13N3S. The van der Waals surface area contributed by atoms with E-state index in [4.69, 9.17) is 5.73 Å². The van der Waals surface area contributed by atoms with Crippen molar-refractivity contribution in [3.8, 4) is 0 Å². The first kappa shape index (κ1) is 11.0. The van der Waals surface area contributed by atoms with Gasteiger partial charge in [0.15, 0.2) is 5.16 Å². The zero-order chi connectivity index (χ0) is 11.2. The number of aryl methyl sites for hydroxylation is 1. The number of thioether (sulfide) groups is 1. The fraction of sp³-hybridized carbons (Fsp3) is 0.167. The maximum atomic E-state index is 5.86. The van der Waals surface area contributed by atoms with Gasteiger partial charge in [-0.1, -0.05) is 30.0 Å². The summed E-state index contributed by atoms with van der Waals surface area (Å²) in [7, 11) is 0. The van der Waals surface area contributed by atoms with E-state index in [9.17, 15) is 0 Å². The number of para-hydroxylation sites is 1. The number of rotatable bonds is 4. The Morgan fingerprint density at radius 2 is 1.81 bits per heavy atom. The van der Waals surface area contributed by atoms with Gasteiger partial charge in [-0.2, -0.15) is 0 Å². The third-order valence-corrected chi connectivity index (χ3v) is 3.08. The topological polar surface area (TPSA) is 51.8 Å². The van der Waals surface area contributed by atoms with Crippen LogP contribution in [0.1, 0.15) is 5.56 Å². The van der Waals surface area contributed by atoms with E-state index in [0.717, 1.165) is 23.0 Å². The zero-order valence-electron chi connectivity index (χ0n) is 8.84. The Morgan fingerprint density at radius 3 is 2.56 bits per heavy atom. The summed E-state index contributed by atoms with van der Waals surface area (Å²) in [5.41, 5.74) is 7.90. The molecule has 0 saturated carbocycles. The van der Waals surface area contributed by atoms with Crippen molar-refractivity contribution in [2.75, 3.05) is 11.5 Å². The molecule has 4 heteroatoms. The number of nitrogens with two attached hydrogens (primary N) is 1. The number of hydrogen-bond acceptors (Lipinski definition) is 4. The van der Waals surface area contributed by atoms with Gasteiger partial charge in [-0.25, -0.2) is 9.97 Å². The minimum Gasteiger partial charge on any atom is -0.399 e. The molecule has 1 aromatic carbocycles. The highest BCUT2D eigenvalue weighted by Gasteiger charge is 1.99. The number of hydrogen-bond donors (Lipinski definition) is 1. The van der Waals surface area contributed by atoms with E-state index in [1.165, 1.54) is 5.56 Å². The van der Waals surface area contributed by atoms with Crippen LogP contribution in [-0.4, -0.2) is 15.7 Å². The van der Waals surface area contributed by atoms with Gasteiger partial charge in [0.05, 0.1) is 0 Å². The van der Waals surface area contributed by atoms with Crippen molar-refractivity contribution in [3.63, 3.8) is 0 Å². The Labute approximate surface area is 99.1 Å². The third kappa shape index (κ3) is 2.97. The normalized spacial score (nSPS) is 10.2. The maximum absolute atomic E-state index is 5.86. The van der Waals surface area contributed by atoms with Crippen LogP contribution in [0.2, 0.25) is 0 Å². The molecule has 3 nitrogen and oxygen atoms in total. The molecule has 1 heterocycles. The smallest absolute Gasteiger partial charge is 0.187 e. The van der Waals surface area contributed by atoms with E-state index >= 15 is 0 Å². The van der Waals surface area contributed by atoms with Crippen LogP contribution < -0.4 is 5.73 Å². The minimum atomic E-state index is 0.817. The molecule has 0 radical (unpaired) electrons. The van der Waals surface area contributed by atoms with Crippen molar-refractivity contribution in [1.29, 1.82) is 0 Å². The fourth-order valence-electron chi connectivity index (χ4n) is 1.37. The van der Waals surface area contributed by atoms with Gasteiger partial charge in [-0.05, 0) is 24.1 Å². The van der Waals surface area contributed by atoms with Gasteiger partial charge >= 0.3 is 0 Å². The van der Waals surface area contributed by atoms with Crippen LogP contribution in [0.3, 0.4) is 0 Å². The van der Waals surface area contributed by atoms with Crippen molar-refractivity contribution in [2.24, 2.45) is 0 Å². The molecule has 2 rings (SSSR count). The van der Waals surface area contributed by atoms with Gasteiger partial charge in [0, 0.05) is 23.8 Å². The molecule has 0 fully saturated rings. The molecule has 0 unspecified atom stereocenters. The molecule has 2 N–H and O–H groups in total. The Balaban J connectivity index is 1.87. The second kappa shape index (κ2) is 5.51. The Morgan fingerprint density at radius 1 is 1.06 bits per heavy atom. The molecule has 82 valence electrons. The maximum Gasteiger partial charge on any atom is 0.187 e. The molecule has 0 aliphatic rings. The van der Waals surface area contributed by atoms with E-state index in [-0.39, 0.29) is 0 Å². The lowest BCUT2D eigenvalue weighted by molar-refractivity contribution is 0.964. The van der Waals surface area contributed by atoms with Crippen LogP contribution in [0.25, 0.3) is 0 Å². The van der Waals surface area contributed by atoms with Crippen molar-refractivity contribution in [1.82, 2.24) is 9.97 Å². The molecule has 0 aliphatic carbocycles. The SMILES string of the molecule is Nc1ccccc1CCSc1ncccn1. The zero-order valence-corrected chi connectivity index (χ0v) is 9.65. The lowest BCUT2D eigenvalue weighted by Crippen LogP contribution is -1.96. The summed E-state index contributed by atoms with van der Waals surface area (Å²) in [5.74, 6) is 0.943. The predicted molar refractivity (Wildman–Crippen MR) is 67.3 cm³/mol. The highest BCUT2D eigenvalue weighted by atomic mass is 32.2. The monoisotopic (exact) mass is 231 g/mol. The van der Waals surface area contributed by atoms with Crippen molar-refractivity contribution in [3.05, 3.63) is 48.3 Å². The van der Waals surface area contributed by atoms with Crippen LogP contribution in [0.4, 0.5) is 5.69 Å². The van der Waals surface area contributed by atoms with E-state index in [1.54, 1.807) is 24.2 Å². The summed E-state index contributed by atoms with van der Waals surface area (Å²) in [6.07, 6.45) is 4.45. The van der Waals surface area contributed by atoms with Gasteiger partial charge < -0.3 is 5.73 Å². The van der Waals surface area contributed by atoms with Crippen LogP contribution >= 0.6 is 11.8 Å². The Kier molecular flexibility index (Phi) is 3.77. The predicted octanol–water partition coefficient (Wildman–Crippen LogP) is 2.39. The van der Waals surface area contributed by atoms with Gasteiger partial charge in [0.25, 0.3) is 0 Å². The van der Waals surface area contributed by atoms with Crippen molar-refractivity contribution >= 4 is 17.4 Å². The number of nitrogens with zero attached hydrogens (tertiary/aromatic N) is 2. The molecule has 0 aliphatic heterocycles. The van der Waals surface area contributed by atoms with Gasteiger partial charge in [0.2, 0.25) is 0 Å². The standard InChI is InChI=1S/C12H13N3S/c13-11-5-2-1-4-10(11)6-9-16-12-14-7-3-8-15-12/h1-5,7-8H,6,9,13H2. The first-order chi connectivity index (χ1) is 7.86. The summed E-state index contributed by atoms with van der Waals surface area (Å²) in [5, 5.41) is 0.817.